The minimum Gasteiger partial charge on any atom is -1.00 e. The van der Waals surface area contributed by atoms with E-state index in [1.165, 1.54) is 18.4 Å². The van der Waals surface area contributed by atoms with Gasteiger partial charge in [0.15, 0.2) is 11.7 Å². The molecule has 1 heterocycles. The van der Waals surface area contributed by atoms with E-state index in [4.69, 9.17) is 4.74 Å². The fourth-order valence-electron chi connectivity index (χ4n) is 6.66. The lowest BCUT2D eigenvalue weighted by atomic mass is 9.77. The summed E-state index contributed by atoms with van der Waals surface area (Å²) in [5.41, 5.74) is 0.312. The van der Waals surface area contributed by atoms with Gasteiger partial charge in [-0.15, -0.1) is 0 Å². The monoisotopic (exact) mass is 491 g/mol. The van der Waals surface area contributed by atoms with Crippen molar-refractivity contribution in [1.29, 1.82) is 0 Å². The van der Waals surface area contributed by atoms with Crippen LogP contribution in [0.2, 0.25) is 0 Å². The number of piperidine rings is 1. The quantitative estimate of drug-likeness (QED) is 0.284. The Labute approximate surface area is 198 Å². The van der Waals surface area contributed by atoms with Crippen LogP contribution in [0, 0.1) is 11.8 Å². The maximum Gasteiger partial charge on any atom is 0.343 e. The molecule has 1 saturated heterocycles. The van der Waals surface area contributed by atoms with Crippen molar-refractivity contribution < 1.29 is 36.1 Å². The van der Waals surface area contributed by atoms with E-state index in [1.807, 2.05) is 30.3 Å². The molecule has 5 heteroatoms. The number of ether oxygens (including phenoxy) is 1. The van der Waals surface area contributed by atoms with Gasteiger partial charge in [0, 0.05) is 12.3 Å². The lowest BCUT2D eigenvalue weighted by Gasteiger charge is -2.39. The van der Waals surface area contributed by atoms with Crippen molar-refractivity contribution in [2.24, 2.45) is 11.8 Å². The van der Waals surface area contributed by atoms with Gasteiger partial charge in [-0.25, -0.2) is 4.79 Å². The number of quaternary nitrogens is 1. The van der Waals surface area contributed by atoms with Crippen LogP contribution in [-0.2, 0) is 15.1 Å². The number of aliphatic hydroxyl groups is 1. The summed E-state index contributed by atoms with van der Waals surface area (Å²) in [6.45, 7) is 8.16. The summed E-state index contributed by atoms with van der Waals surface area (Å²) < 4.78 is 7.16. The highest BCUT2D eigenvalue weighted by Crippen LogP contribution is 2.46. The van der Waals surface area contributed by atoms with Gasteiger partial charge in [0.25, 0.3) is 0 Å². The highest BCUT2D eigenvalue weighted by Gasteiger charge is 2.59. The van der Waals surface area contributed by atoms with Crippen LogP contribution in [-0.4, -0.2) is 47.8 Å². The predicted molar refractivity (Wildman–Crippen MR) is 119 cm³/mol. The minimum atomic E-state index is -1.55. The molecule has 4 nitrogen and oxygen atoms in total. The molecule has 0 aromatic heterocycles. The molecule has 0 spiro atoms. The number of benzene rings is 1. The topological polar surface area (TPSA) is 46.5 Å². The first kappa shape index (κ1) is 24.5. The number of likely N-dealkylation sites (N-methyl/N-ethyl adjacent to an activating group) is 1. The normalized spacial score (nSPS) is 32.5. The fraction of sp³-hybridized carbons (Fsp3) is 0.654. The molecule has 3 aliphatic rings. The van der Waals surface area contributed by atoms with Gasteiger partial charge in [-0.3, -0.25) is 0 Å². The molecule has 2 aliphatic carbocycles. The molecule has 172 valence electrons. The third-order valence-electron chi connectivity index (χ3n) is 7.97. The average molecular weight is 492 g/mol. The SMILES string of the molecule is C=C(C)C[N+]1(C)CC2CC[C@H]1C2OC(=O)C(O)(c1ccccc1)C1CCCCCC1.[Br-]. The Kier molecular flexibility index (Phi) is 7.71. The van der Waals surface area contributed by atoms with Crippen LogP contribution in [0.25, 0.3) is 0 Å². The summed E-state index contributed by atoms with van der Waals surface area (Å²) in [5.74, 6) is -0.117. The van der Waals surface area contributed by atoms with Gasteiger partial charge < -0.3 is 31.3 Å². The Morgan fingerprint density at radius 1 is 1.13 bits per heavy atom. The molecule has 2 bridgehead atoms. The zero-order chi connectivity index (χ0) is 21.4. The second-order valence-electron chi connectivity index (χ2n) is 10.4. The minimum absolute atomic E-state index is 0. The van der Waals surface area contributed by atoms with Crippen LogP contribution in [0.3, 0.4) is 0 Å². The number of nitrogens with zero attached hydrogens (tertiary/aromatic N) is 1. The number of hydrogen-bond acceptors (Lipinski definition) is 3. The standard InChI is InChI=1S/C26H38NO3.BrH/c1-19(2)17-27(3)18-20-15-16-23(27)24(20)30-25(28)26(29,22-13-9-6-10-14-22)21-11-7-4-5-8-12-21;/h6,9-10,13-14,20-21,23-24,29H,1,4-5,7-8,11-12,15-18H2,2-3H3;1H/q+1;/p-1/t20?,23-,24?,26?,27?;/m0./s1. The number of likely N-dealkylation sites (tertiary alicyclic amines) is 1. The number of carbonyl (C=O) groups excluding carboxylic acids is 1. The third-order valence-corrected chi connectivity index (χ3v) is 7.97. The van der Waals surface area contributed by atoms with Gasteiger partial charge in [-0.05, 0) is 37.3 Å². The van der Waals surface area contributed by atoms with Crippen LogP contribution in [0.5, 0.6) is 0 Å². The van der Waals surface area contributed by atoms with Crippen molar-refractivity contribution in [3.63, 3.8) is 0 Å². The molecular weight excluding hydrogens is 454 g/mol. The highest BCUT2D eigenvalue weighted by molar-refractivity contribution is 5.82. The molecule has 2 saturated carbocycles. The zero-order valence-electron chi connectivity index (χ0n) is 19.1. The molecular formula is C26H38BrNO3. The van der Waals surface area contributed by atoms with Crippen LogP contribution in [0.4, 0.5) is 0 Å². The Bertz CT molecular complexity index is 776. The number of halogens is 1. The summed E-state index contributed by atoms with van der Waals surface area (Å²) in [7, 11) is 2.27. The number of esters is 1. The summed E-state index contributed by atoms with van der Waals surface area (Å²) in [5, 5.41) is 11.9. The van der Waals surface area contributed by atoms with Crippen molar-refractivity contribution in [3.8, 4) is 0 Å². The molecule has 1 N–H and O–H groups in total. The van der Waals surface area contributed by atoms with Crippen molar-refractivity contribution in [2.75, 3.05) is 20.1 Å². The van der Waals surface area contributed by atoms with Crippen LogP contribution in [0.1, 0.15) is 63.9 Å². The largest absolute Gasteiger partial charge is 1.00 e. The lowest BCUT2D eigenvalue weighted by Crippen LogP contribution is -3.00. The van der Waals surface area contributed by atoms with Gasteiger partial charge >= 0.3 is 5.97 Å². The molecule has 1 aromatic rings. The van der Waals surface area contributed by atoms with Crippen LogP contribution in [0.15, 0.2) is 42.5 Å². The van der Waals surface area contributed by atoms with E-state index >= 15 is 0 Å². The van der Waals surface area contributed by atoms with Crippen LogP contribution >= 0.6 is 0 Å². The van der Waals surface area contributed by atoms with Gasteiger partial charge in [0.05, 0.1) is 26.1 Å². The lowest BCUT2D eigenvalue weighted by molar-refractivity contribution is -0.922. The number of fused-ring (bicyclic) bond motifs is 2. The Morgan fingerprint density at radius 3 is 2.39 bits per heavy atom. The van der Waals surface area contributed by atoms with E-state index in [0.717, 1.165) is 56.1 Å². The third kappa shape index (κ3) is 4.65. The molecule has 0 radical (unpaired) electrons. The van der Waals surface area contributed by atoms with E-state index in [9.17, 15) is 9.90 Å². The number of hydrogen-bond donors (Lipinski definition) is 1. The first-order valence-corrected chi connectivity index (χ1v) is 11.8. The van der Waals surface area contributed by atoms with Gasteiger partial charge in [0.2, 0.25) is 0 Å². The van der Waals surface area contributed by atoms with E-state index in [2.05, 4.69) is 20.6 Å². The number of carbonyl (C=O) groups is 1. The van der Waals surface area contributed by atoms with Crippen molar-refractivity contribution in [3.05, 3.63) is 48.0 Å². The highest BCUT2D eigenvalue weighted by atomic mass is 79.9. The predicted octanol–water partition coefficient (Wildman–Crippen LogP) is 1.58. The number of rotatable bonds is 6. The summed E-state index contributed by atoms with van der Waals surface area (Å²) in [4.78, 5) is 13.7. The van der Waals surface area contributed by atoms with Gasteiger partial charge in [-0.1, -0.05) is 62.6 Å². The first-order chi connectivity index (χ1) is 14.3. The zero-order valence-corrected chi connectivity index (χ0v) is 20.6. The Morgan fingerprint density at radius 2 is 1.77 bits per heavy atom. The maximum absolute atomic E-state index is 13.7. The van der Waals surface area contributed by atoms with E-state index in [-0.39, 0.29) is 29.0 Å². The molecule has 31 heavy (non-hydrogen) atoms. The Balaban J connectivity index is 0.00000272. The smallest absolute Gasteiger partial charge is 0.343 e. The molecule has 1 aliphatic heterocycles. The van der Waals surface area contributed by atoms with Crippen molar-refractivity contribution in [2.45, 2.75) is 76.0 Å². The van der Waals surface area contributed by atoms with E-state index < -0.39 is 11.6 Å². The van der Waals surface area contributed by atoms with Gasteiger partial charge in [0.1, 0.15) is 6.04 Å². The summed E-state index contributed by atoms with van der Waals surface area (Å²) in [6, 6.07) is 9.83. The molecule has 5 atom stereocenters. The second kappa shape index (κ2) is 9.76. The average Bonchev–Trinajstić information content (AvgIpc) is 3.06. The van der Waals surface area contributed by atoms with Crippen molar-refractivity contribution >= 4 is 5.97 Å². The summed E-state index contributed by atoms with van der Waals surface area (Å²) in [6.07, 6.45) is 8.34. The second-order valence-corrected chi connectivity index (χ2v) is 10.4. The molecule has 4 rings (SSSR count). The molecule has 4 unspecified atom stereocenters. The van der Waals surface area contributed by atoms with Crippen LogP contribution < -0.4 is 17.0 Å². The van der Waals surface area contributed by atoms with Crippen molar-refractivity contribution in [1.82, 2.24) is 0 Å². The molecule has 1 aromatic carbocycles. The first-order valence-electron chi connectivity index (χ1n) is 11.8. The van der Waals surface area contributed by atoms with Gasteiger partial charge in [-0.2, -0.15) is 0 Å². The Hall–Kier alpha value is -1.17. The molecule has 3 fully saturated rings. The molecule has 0 amide bonds. The van der Waals surface area contributed by atoms with E-state index in [0.29, 0.717) is 17.5 Å². The van der Waals surface area contributed by atoms with E-state index in [1.54, 1.807) is 0 Å². The summed E-state index contributed by atoms with van der Waals surface area (Å²) >= 11 is 0. The fourth-order valence-corrected chi connectivity index (χ4v) is 6.66. The maximum atomic E-state index is 13.7.